The molecule has 2 aromatic rings. The maximum atomic E-state index is 13.8. The van der Waals surface area contributed by atoms with Crippen molar-refractivity contribution in [3.8, 4) is 0 Å². The van der Waals surface area contributed by atoms with Gasteiger partial charge in [-0.25, -0.2) is 18.6 Å². The molecule has 7 heteroatoms. The van der Waals surface area contributed by atoms with Gasteiger partial charge in [-0.1, -0.05) is 11.3 Å². The van der Waals surface area contributed by atoms with Crippen LogP contribution in [0.4, 0.5) is 18.7 Å². The topological polar surface area (TPSA) is 54.0 Å². The van der Waals surface area contributed by atoms with Gasteiger partial charge in [0.25, 0.3) is 0 Å². The molecule has 0 aliphatic heterocycles. The minimum atomic E-state index is -0.708. The highest BCUT2D eigenvalue weighted by Crippen LogP contribution is 2.55. The van der Waals surface area contributed by atoms with Crippen molar-refractivity contribution in [2.45, 2.75) is 44.1 Å². The third-order valence-electron chi connectivity index (χ3n) is 6.05. The van der Waals surface area contributed by atoms with Crippen molar-refractivity contribution < 1.29 is 13.6 Å². The fraction of sp³-hybridized carbons (Fsp3) is 0.556. The van der Waals surface area contributed by atoms with E-state index in [1.54, 1.807) is 0 Å². The van der Waals surface area contributed by atoms with E-state index in [1.807, 2.05) is 0 Å². The summed E-state index contributed by atoms with van der Waals surface area (Å²) in [4.78, 5) is 16.6. The van der Waals surface area contributed by atoms with Gasteiger partial charge in [-0.2, -0.15) is 0 Å². The van der Waals surface area contributed by atoms with E-state index in [1.165, 1.54) is 25.3 Å². The summed E-state index contributed by atoms with van der Waals surface area (Å²) in [5, 5.41) is 6.21. The van der Waals surface area contributed by atoms with E-state index in [-0.39, 0.29) is 17.1 Å². The second-order valence-electron chi connectivity index (χ2n) is 8.03. The van der Waals surface area contributed by atoms with Crippen molar-refractivity contribution in [2.24, 2.45) is 17.8 Å². The summed E-state index contributed by atoms with van der Waals surface area (Å²) < 4.78 is 27.4. The Morgan fingerprint density at radius 1 is 1.12 bits per heavy atom. The van der Waals surface area contributed by atoms with Gasteiger partial charge < -0.3 is 5.32 Å². The van der Waals surface area contributed by atoms with Crippen molar-refractivity contribution >= 4 is 32.7 Å². The standard InChI is InChI=1S/C18H19F2N3OS/c19-12-4-13(20)15-14(5-12)25-17(21-15)22-16(24)23-18-6-9-1-10(7-18)3-11(2-9)8-18/h4-5,9-11H,1-3,6-8H2,(H2,21,22,23,24). The van der Waals surface area contributed by atoms with Crippen LogP contribution in [0.2, 0.25) is 0 Å². The molecule has 0 atom stereocenters. The fourth-order valence-electron chi connectivity index (χ4n) is 5.64. The van der Waals surface area contributed by atoms with E-state index in [2.05, 4.69) is 15.6 Å². The lowest BCUT2D eigenvalue weighted by molar-refractivity contribution is -0.0127. The normalized spacial score (nSPS) is 33.0. The Bertz CT molecular complexity index is 830. The number of anilines is 1. The number of urea groups is 1. The van der Waals surface area contributed by atoms with Gasteiger partial charge in [-0.05, 0) is 62.3 Å². The Hall–Kier alpha value is -1.76. The number of halogens is 2. The smallest absolute Gasteiger partial charge is 0.321 e. The number of hydrogen-bond donors (Lipinski definition) is 2. The number of nitrogens with one attached hydrogen (secondary N) is 2. The van der Waals surface area contributed by atoms with Gasteiger partial charge in [0.15, 0.2) is 10.9 Å². The molecule has 25 heavy (non-hydrogen) atoms. The number of hydrogen-bond acceptors (Lipinski definition) is 3. The Kier molecular flexibility index (Phi) is 3.33. The summed E-state index contributed by atoms with van der Waals surface area (Å²) in [5.41, 5.74) is 0.00358. The van der Waals surface area contributed by atoms with Crippen molar-refractivity contribution in [1.82, 2.24) is 10.3 Å². The minimum absolute atomic E-state index is 0.0904. The number of carbonyl (C=O) groups excluding carboxylic acids is 1. The predicted molar refractivity (Wildman–Crippen MR) is 92.6 cm³/mol. The maximum Gasteiger partial charge on any atom is 0.321 e. The summed E-state index contributed by atoms with van der Waals surface area (Å²) in [6.07, 6.45) is 7.12. The molecule has 0 unspecified atom stereocenters. The Balaban J connectivity index is 1.33. The second-order valence-corrected chi connectivity index (χ2v) is 9.06. The van der Waals surface area contributed by atoms with E-state index in [4.69, 9.17) is 0 Å². The minimum Gasteiger partial charge on any atom is -0.332 e. The van der Waals surface area contributed by atoms with Crippen LogP contribution in [-0.4, -0.2) is 16.6 Å². The Labute approximate surface area is 148 Å². The van der Waals surface area contributed by atoms with Crippen LogP contribution in [0.25, 0.3) is 10.2 Å². The van der Waals surface area contributed by atoms with E-state index in [9.17, 15) is 13.6 Å². The molecule has 1 heterocycles. The molecule has 4 bridgehead atoms. The van der Waals surface area contributed by atoms with Gasteiger partial charge in [-0.15, -0.1) is 0 Å². The van der Waals surface area contributed by atoms with E-state index in [0.29, 0.717) is 9.83 Å². The molecule has 1 aromatic heterocycles. The predicted octanol–water partition coefficient (Wildman–Crippen LogP) is 4.66. The summed E-state index contributed by atoms with van der Waals surface area (Å²) in [7, 11) is 0. The van der Waals surface area contributed by atoms with Crippen LogP contribution in [-0.2, 0) is 0 Å². The molecule has 0 spiro atoms. The van der Waals surface area contributed by atoms with Gasteiger partial charge in [0.2, 0.25) is 0 Å². The van der Waals surface area contributed by atoms with Crippen LogP contribution >= 0.6 is 11.3 Å². The first-order valence-electron chi connectivity index (χ1n) is 8.83. The molecule has 0 saturated heterocycles. The maximum absolute atomic E-state index is 13.8. The van der Waals surface area contributed by atoms with E-state index < -0.39 is 11.6 Å². The number of aromatic nitrogens is 1. The van der Waals surface area contributed by atoms with E-state index in [0.717, 1.165) is 54.4 Å². The molecule has 2 N–H and O–H groups in total. The van der Waals surface area contributed by atoms with Crippen molar-refractivity contribution in [3.63, 3.8) is 0 Å². The van der Waals surface area contributed by atoms with Crippen LogP contribution in [0, 0.1) is 29.4 Å². The third-order valence-corrected chi connectivity index (χ3v) is 6.97. The molecule has 4 aliphatic carbocycles. The lowest BCUT2D eigenvalue weighted by Gasteiger charge is -2.56. The van der Waals surface area contributed by atoms with Crippen LogP contribution < -0.4 is 10.6 Å². The molecule has 1 aromatic carbocycles. The molecule has 4 nitrogen and oxygen atoms in total. The van der Waals surface area contributed by atoms with Crippen LogP contribution in [0.1, 0.15) is 38.5 Å². The summed E-state index contributed by atoms with van der Waals surface area (Å²) >= 11 is 1.08. The van der Waals surface area contributed by atoms with Crippen molar-refractivity contribution in [2.75, 3.05) is 5.32 Å². The van der Waals surface area contributed by atoms with Crippen molar-refractivity contribution in [3.05, 3.63) is 23.8 Å². The Morgan fingerprint density at radius 2 is 1.76 bits per heavy atom. The third kappa shape index (κ3) is 2.69. The largest absolute Gasteiger partial charge is 0.332 e. The molecule has 0 radical (unpaired) electrons. The van der Waals surface area contributed by atoms with Gasteiger partial charge in [0.1, 0.15) is 11.3 Å². The average molecular weight is 363 g/mol. The number of nitrogens with zero attached hydrogens (tertiary/aromatic N) is 1. The molecule has 6 rings (SSSR count). The summed E-state index contributed by atoms with van der Waals surface area (Å²) in [5.74, 6) is 0.877. The molecular weight excluding hydrogens is 344 g/mol. The Morgan fingerprint density at radius 3 is 2.40 bits per heavy atom. The molecule has 4 fully saturated rings. The lowest BCUT2D eigenvalue weighted by atomic mass is 9.53. The molecule has 132 valence electrons. The number of carbonyl (C=O) groups is 1. The SMILES string of the molecule is O=C(Nc1nc2c(F)cc(F)cc2s1)NC12CC3CC(CC(C3)C1)C2. The number of amides is 2. The van der Waals surface area contributed by atoms with Gasteiger partial charge in [0, 0.05) is 11.6 Å². The first-order valence-corrected chi connectivity index (χ1v) is 9.64. The molecule has 2 amide bonds. The zero-order valence-electron chi connectivity index (χ0n) is 13.6. The fourth-order valence-corrected chi connectivity index (χ4v) is 6.54. The van der Waals surface area contributed by atoms with Gasteiger partial charge >= 0.3 is 6.03 Å². The number of fused-ring (bicyclic) bond motifs is 1. The average Bonchev–Trinajstić information content (AvgIpc) is 2.87. The number of rotatable bonds is 2. The summed E-state index contributed by atoms with van der Waals surface area (Å²) in [6, 6.07) is 1.75. The highest BCUT2D eigenvalue weighted by atomic mass is 32.1. The van der Waals surface area contributed by atoms with E-state index >= 15 is 0 Å². The zero-order chi connectivity index (χ0) is 17.2. The first-order chi connectivity index (χ1) is 12.0. The molecule has 4 aliphatic rings. The van der Waals surface area contributed by atoms with Gasteiger partial charge in [-0.3, -0.25) is 5.32 Å². The highest BCUT2D eigenvalue weighted by Gasteiger charge is 2.51. The van der Waals surface area contributed by atoms with Crippen molar-refractivity contribution in [1.29, 1.82) is 0 Å². The molecule has 4 saturated carbocycles. The number of benzene rings is 1. The van der Waals surface area contributed by atoms with Crippen LogP contribution in [0.5, 0.6) is 0 Å². The van der Waals surface area contributed by atoms with Crippen LogP contribution in [0.3, 0.4) is 0 Å². The monoisotopic (exact) mass is 363 g/mol. The number of thiazole rings is 1. The highest BCUT2D eigenvalue weighted by molar-refractivity contribution is 7.22. The molecular formula is C18H19F2N3OS. The first kappa shape index (κ1) is 15.5. The zero-order valence-corrected chi connectivity index (χ0v) is 14.5. The summed E-state index contributed by atoms with van der Waals surface area (Å²) in [6.45, 7) is 0. The lowest BCUT2D eigenvalue weighted by Crippen LogP contribution is -2.60. The second kappa shape index (κ2) is 5.37. The van der Waals surface area contributed by atoms with Crippen LogP contribution in [0.15, 0.2) is 12.1 Å². The van der Waals surface area contributed by atoms with Gasteiger partial charge in [0.05, 0.1) is 4.70 Å². The quantitative estimate of drug-likeness (QED) is 0.815.